The van der Waals surface area contributed by atoms with Crippen molar-refractivity contribution in [1.82, 2.24) is 0 Å². The zero-order valence-corrected chi connectivity index (χ0v) is 11.7. The molecule has 3 rings (SSSR count). The number of rotatable bonds is 3. The lowest BCUT2D eigenvalue weighted by molar-refractivity contribution is -0.384. The number of nitrogens with zero attached hydrogens (tertiary/aromatic N) is 1. The van der Waals surface area contributed by atoms with Crippen molar-refractivity contribution < 1.29 is 28.7 Å². The van der Waals surface area contributed by atoms with E-state index in [1.54, 1.807) is 6.92 Å². The second-order valence-electron chi connectivity index (χ2n) is 5.40. The molecule has 8 nitrogen and oxygen atoms in total. The van der Waals surface area contributed by atoms with Crippen LogP contribution in [0.25, 0.3) is 0 Å². The maximum absolute atomic E-state index is 11.8. The van der Waals surface area contributed by atoms with E-state index < -0.39 is 28.9 Å². The van der Waals surface area contributed by atoms with Gasteiger partial charge in [0.1, 0.15) is 23.6 Å². The van der Waals surface area contributed by atoms with E-state index in [0.717, 1.165) is 0 Å². The maximum atomic E-state index is 11.8. The number of ether oxygens (including phenoxy) is 3. The summed E-state index contributed by atoms with van der Waals surface area (Å²) < 4.78 is 15.5. The predicted octanol–water partition coefficient (Wildman–Crippen LogP) is 2.00. The fraction of sp³-hybridized carbons (Fsp3) is 0.429. The number of benzene rings is 1. The molecule has 1 heterocycles. The van der Waals surface area contributed by atoms with Crippen LogP contribution in [0.15, 0.2) is 24.3 Å². The van der Waals surface area contributed by atoms with Gasteiger partial charge < -0.3 is 14.2 Å². The third kappa shape index (κ3) is 2.52. The number of fused-ring (bicyclic) bond motifs is 1. The second kappa shape index (κ2) is 5.06. The number of ketones is 1. The van der Waals surface area contributed by atoms with Gasteiger partial charge in [0.05, 0.1) is 4.92 Å². The van der Waals surface area contributed by atoms with E-state index in [2.05, 4.69) is 0 Å². The lowest BCUT2D eigenvalue weighted by Crippen LogP contribution is -2.40. The molecule has 3 unspecified atom stereocenters. The van der Waals surface area contributed by atoms with Gasteiger partial charge in [-0.3, -0.25) is 14.9 Å². The molecule has 0 spiro atoms. The SMILES string of the molecule is CC12OC1C(=O)CCC2OC(=O)Oc1ccc([N+](=O)[O-])cc1. The summed E-state index contributed by atoms with van der Waals surface area (Å²) in [5.41, 5.74) is -0.864. The molecular weight excluding hydrogens is 294 g/mol. The van der Waals surface area contributed by atoms with E-state index in [9.17, 15) is 19.7 Å². The topological polar surface area (TPSA) is 108 Å². The first-order valence-electron chi connectivity index (χ1n) is 6.73. The molecule has 0 amide bonds. The number of non-ortho nitro benzene ring substituents is 1. The van der Waals surface area contributed by atoms with Crippen molar-refractivity contribution in [2.45, 2.75) is 37.6 Å². The quantitative estimate of drug-likeness (QED) is 0.276. The average Bonchev–Trinajstić information content (AvgIpc) is 3.17. The first kappa shape index (κ1) is 14.5. The van der Waals surface area contributed by atoms with Crippen LogP contribution in [-0.4, -0.2) is 34.7 Å². The number of nitro groups is 1. The van der Waals surface area contributed by atoms with Crippen LogP contribution >= 0.6 is 0 Å². The lowest BCUT2D eigenvalue weighted by atomic mass is 9.87. The summed E-state index contributed by atoms with van der Waals surface area (Å²) in [5.74, 6) is 0.159. The van der Waals surface area contributed by atoms with Crippen LogP contribution < -0.4 is 4.74 Å². The normalized spacial score (nSPS) is 29.4. The molecule has 0 N–H and O–H groups in total. The summed E-state index contributed by atoms with van der Waals surface area (Å²) in [6.45, 7) is 1.72. The number of nitro benzene ring substituents is 1. The van der Waals surface area contributed by atoms with Crippen molar-refractivity contribution in [3.63, 3.8) is 0 Å². The largest absolute Gasteiger partial charge is 0.514 e. The van der Waals surface area contributed by atoms with Crippen molar-refractivity contribution in [3.8, 4) is 5.75 Å². The Labute approximate surface area is 125 Å². The number of Topliss-reactive ketones (excluding diaryl/α,β-unsaturated/α-hetero) is 1. The minimum atomic E-state index is -0.927. The minimum absolute atomic E-state index is 0.0195. The van der Waals surface area contributed by atoms with E-state index in [1.165, 1.54) is 24.3 Å². The number of carbonyl (C=O) groups excluding carboxylic acids is 2. The Morgan fingerprint density at radius 1 is 1.41 bits per heavy atom. The number of hydrogen-bond donors (Lipinski definition) is 0. The highest BCUT2D eigenvalue weighted by Crippen LogP contribution is 2.47. The molecule has 22 heavy (non-hydrogen) atoms. The van der Waals surface area contributed by atoms with Gasteiger partial charge in [-0.2, -0.15) is 0 Å². The summed E-state index contributed by atoms with van der Waals surface area (Å²) in [7, 11) is 0. The summed E-state index contributed by atoms with van der Waals surface area (Å²) >= 11 is 0. The van der Waals surface area contributed by atoms with E-state index >= 15 is 0 Å². The summed E-state index contributed by atoms with van der Waals surface area (Å²) in [5, 5.41) is 10.5. The Kier molecular flexibility index (Phi) is 3.32. The highest BCUT2D eigenvalue weighted by Gasteiger charge is 2.65. The standard InChI is InChI=1S/C14H13NO7/c1-14-11(7-6-10(16)12(14)22-14)21-13(17)20-9-4-2-8(3-5-9)15(18)19/h2-5,11-12H,6-7H2,1H3. The summed E-state index contributed by atoms with van der Waals surface area (Å²) in [6, 6.07) is 5.07. The van der Waals surface area contributed by atoms with Crippen molar-refractivity contribution in [2.75, 3.05) is 0 Å². The number of carbonyl (C=O) groups is 2. The maximum Gasteiger partial charge on any atom is 0.514 e. The van der Waals surface area contributed by atoms with Crippen molar-refractivity contribution in [2.24, 2.45) is 0 Å². The smallest absolute Gasteiger partial charge is 0.427 e. The van der Waals surface area contributed by atoms with Gasteiger partial charge in [0.15, 0.2) is 5.78 Å². The fourth-order valence-corrected chi connectivity index (χ4v) is 2.59. The average molecular weight is 307 g/mol. The van der Waals surface area contributed by atoms with E-state index in [-0.39, 0.29) is 17.2 Å². The van der Waals surface area contributed by atoms with Crippen LogP contribution in [0.2, 0.25) is 0 Å². The van der Waals surface area contributed by atoms with E-state index in [0.29, 0.717) is 12.8 Å². The van der Waals surface area contributed by atoms with E-state index in [4.69, 9.17) is 14.2 Å². The molecule has 2 aliphatic rings. The first-order valence-corrected chi connectivity index (χ1v) is 6.73. The predicted molar refractivity (Wildman–Crippen MR) is 71.5 cm³/mol. The summed E-state index contributed by atoms with van der Waals surface area (Å²) in [6.07, 6.45) is -1.28. The Hall–Kier alpha value is -2.48. The van der Waals surface area contributed by atoms with Gasteiger partial charge in [-0.15, -0.1) is 0 Å². The highest BCUT2D eigenvalue weighted by molar-refractivity contribution is 5.88. The molecule has 116 valence electrons. The van der Waals surface area contributed by atoms with Crippen molar-refractivity contribution in [1.29, 1.82) is 0 Å². The molecular formula is C14H13NO7. The van der Waals surface area contributed by atoms with Crippen molar-refractivity contribution >= 4 is 17.6 Å². The van der Waals surface area contributed by atoms with Crippen LogP contribution in [0, 0.1) is 10.1 Å². The molecule has 0 aromatic heterocycles. The fourth-order valence-electron chi connectivity index (χ4n) is 2.59. The van der Waals surface area contributed by atoms with Gasteiger partial charge in [-0.25, -0.2) is 4.79 Å². The van der Waals surface area contributed by atoms with Gasteiger partial charge in [0.25, 0.3) is 5.69 Å². The molecule has 0 radical (unpaired) electrons. The highest BCUT2D eigenvalue weighted by atomic mass is 16.7. The Bertz CT molecular complexity index is 641. The zero-order chi connectivity index (χ0) is 15.9. The molecule has 1 aromatic rings. The molecule has 1 saturated carbocycles. The third-order valence-electron chi connectivity index (χ3n) is 3.91. The molecule has 2 fully saturated rings. The van der Waals surface area contributed by atoms with Gasteiger partial charge in [-0.05, 0) is 25.5 Å². The Morgan fingerprint density at radius 3 is 2.73 bits per heavy atom. The molecule has 1 saturated heterocycles. The summed E-state index contributed by atoms with van der Waals surface area (Å²) in [4.78, 5) is 33.2. The van der Waals surface area contributed by atoms with Crippen molar-refractivity contribution in [3.05, 3.63) is 34.4 Å². The molecule has 0 bridgehead atoms. The number of epoxide rings is 1. The van der Waals surface area contributed by atoms with Crippen LogP contribution in [0.4, 0.5) is 10.5 Å². The zero-order valence-electron chi connectivity index (χ0n) is 11.7. The number of hydrogen-bond acceptors (Lipinski definition) is 7. The molecule has 1 aliphatic heterocycles. The van der Waals surface area contributed by atoms with Crippen LogP contribution in [-0.2, 0) is 14.3 Å². The van der Waals surface area contributed by atoms with Gasteiger partial charge in [-0.1, -0.05) is 0 Å². The van der Waals surface area contributed by atoms with E-state index in [1.807, 2.05) is 0 Å². The second-order valence-corrected chi connectivity index (χ2v) is 5.40. The molecule has 8 heteroatoms. The van der Waals surface area contributed by atoms with Crippen LogP contribution in [0.1, 0.15) is 19.8 Å². The van der Waals surface area contributed by atoms with Crippen LogP contribution in [0.3, 0.4) is 0 Å². The van der Waals surface area contributed by atoms with Gasteiger partial charge >= 0.3 is 6.16 Å². The van der Waals surface area contributed by atoms with Crippen LogP contribution in [0.5, 0.6) is 5.75 Å². The van der Waals surface area contributed by atoms with Gasteiger partial charge in [0.2, 0.25) is 0 Å². The Balaban J connectivity index is 1.59. The lowest BCUT2D eigenvalue weighted by Gasteiger charge is -2.23. The monoisotopic (exact) mass is 307 g/mol. The molecule has 1 aliphatic carbocycles. The first-order chi connectivity index (χ1) is 10.4. The third-order valence-corrected chi connectivity index (χ3v) is 3.91. The molecule has 1 aromatic carbocycles. The molecule has 3 atom stereocenters. The Morgan fingerprint density at radius 2 is 2.09 bits per heavy atom. The minimum Gasteiger partial charge on any atom is -0.427 e. The van der Waals surface area contributed by atoms with Gasteiger partial charge in [0, 0.05) is 18.6 Å².